The minimum Gasteiger partial charge on any atom is -0.478 e. The van der Waals surface area contributed by atoms with Crippen LogP contribution in [0.4, 0.5) is 0 Å². The third kappa shape index (κ3) is 3.45. The van der Waals surface area contributed by atoms with Gasteiger partial charge >= 0.3 is 5.97 Å². The van der Waals surface area contributed by atoms with Gasteiger partial charge in [-0.2, -0.15) is 5.10 Å². The molecule has 0 saturated heterocycles. The van der Waals surface area contributed by atoms with Gasteiger partial charge in [-0.05, 0) is 29.7 Å². The number of carboxylic acids is 1. The first kappa shape index (κ1) is 15.0. The van der Waals surface area contributed by atoms with Crippen LogP contribution in [-0.2, 0) is 11.2 Å². The van der Waals surface area contributed by atoms with Gasteiger partial charge in [-0.25, -0.2) is 10.2 Å². The SMILES string of the molecule is O=C(O)c1ccc(CC2CC(c3ccccc3)=NNC2=O)cc1. The van der Waals surface area contributed by atoms with Gasteiger partial charge in [0, 0.05) is 12.3 Å². The Labute approximate surface area is 133 Å². The summed E-state index contributed by atoms with van der Waals surface area (Å²) in [6, 6.07) is 16.4. The Morgan fingerprint density at radius 3 is 2.48 bits per heavy atom. The van der Waals surface area contributed by atoms with Crippen LogP contribution in [0.2, 0.25) is 0 Å². The van der Waals surface area contributed by atoms with Crippen molar-refractivity contribution in [2.45, 2.75) is 12.8 Å². The fourth-order valence-electron chi connectivity index (χ4n) is 2.63. The summed E-state index contributed by atoms with van der Waals surface area (Å²) in [5.74, 6) is -1.27. The minimum atomic E-state index is -0.953. The van der Waals surface area contributed by atoms with E-state index in [-0.39, 0.29) is 17.4 Å². The number of nitrogens with zero attached hydrogens (tertiary/aromatic N) is 1. The molecule has 0 spiro atoms. The van der Waals surface area contributed by atoms with Gasteiger partial charge in [-0.15, -0.1) is 0 Å². The summed E-state index contributed by atoms with van der Waals surface area (Å²) in [6.45, 7) is 0. The maximum absolute atomic E-state index is 12.0. The van der Waals surface area contributed by atoms with Gasteiger partial charge in [0.05, 0.1) is 11.3 Å². The van der Waals surface area contributed by atoms with Gasteiger partial charge in [0.15, 0.2) is 0 Å². The summed E-state index contributed by atoms with van der Waals surface area (Å²) in [5, 5.41) is 13.1. The molecule has 0 aliphatic carbocycles. The number of carboxylic acid groups (broad SMARTS) is 1. The van der Waals surface area contributed by atoms with E-state index in [0.29, 0.717) is 12.8 Å². The van der Waals surface area contributed by atoms with Crippen LogP contribution in [0, 0.1) is 5.92 Å². The predicted molar refractivity (Wildman–Crippen MR) is 86.3 cm³/mol. The number of hydrogen-bond acceptors (Lipinski definition) is 3. The Kier molecular flexibility index (Phi) is 4.19. The van der Waals surface area contributed by atoms with Gasteiger partial charge < -0.3 is 5.11 Å². The summed E-state index contributed by atoms with van der Waals surface area (Å²) >= 11 is 0. The predicted octanol–water partition coefficient (Wildman–Crippen LogP) is 2.47. The molecule has 1 unspecified atom stereocenters. The van der Waals surface area contributed by atoms with Gasteiger partial charge in [0.25, 0.3) is 0 Å². The molecule has 116 valence electrons. The first-order chi connectivity index (χ1) is 11.1. The highest BCUT2D eigenvalue weighted by atomic mass is 16.4. The Balaban J connectivity index is 1.74. The average molecular weight is 308 g/mol. The van der Waals surface area contributed by atoms with Crippen LogP contribution in [0.25, 0.3) is 0 Å². The van der Waals surface area contributed by atoms with Crippen molar-refractivity contribution >= 4 is 17.6 Å². The molecule has 1 heterocycles. The highest BCUT2D eigenvalue weighted by Crippen LogP contribution is 2.20. The molecule has 2 aromatic rings. The zero-order valence-corrected chi connectivity index (χ0v) is 12.4. The fourth-order valence-corrected chi connectivity index (χ4v) is 2.63. The summed E-state index contributed by atoms with van der Waals surface area (Å²) in [4.78, 5) is 22.9. The quantitative estimate of drug-likeness (QED) is 0.910. The molecule has 0 bridgehead atoms. The Morgan fingerprint density at radius 1 is 1.13 bits per heavy atom. The van der Waals surface area contributed by atoms with E-state index in [1.165, 1.54) is 0 Å². The molecule has 0 radical (unpaired) electrons. The molecular formula is C18H16N2O3. The number of aromatic carboxylic acids is 1. The van der Waals surface area contributed by atoms with Gasteiger partial charge in [-0.3, -0.25) is 4.79 Å². The number of nitrogens with one attached hydrogen (secondary N) is 1. The van der Waals surface area contributed by atoms with Crippen LogP contribution in [0.1, 0.15) is 27.9 Å². The van der Waals surface area contributed by atoms with E-state index in [0.717, 1.165) is 16.8 Å². The van der Waals surface area contributed by atoms with E-state index in [2.05, 4.69) is 10.5 Å². The third-order valence-electron chi connectivity index (χ3n) is 3.90. The van der Waals surface area contributed by atoms with Crippen LogP contribution in [0.5, 0.6) is 0 Å². The van der Waals surface area contributed by atoms with Crippen molar-refractivity contribution in [2.24, 2.45) is 11.0 Å². The van der Waals surface area contributed by atoms with E-state index in [4.69, 9.17) is 5.11 Å². The van der Waals surface area contributed by atoms with Crippen molar-refractivity contribution in [1.29, 1.82) is 0 Å². The molecule has 0 fully saturated rings. The topological polar surface area (TPSA) is 78.8 Å². The second-order valence-corrected chi connectivity index (χ2v) is 5.51. The number of amides is 1. The van der Waals surface area contributed by atoms with Crippen molar-refractivity contribution in [1.82, 2.24) is 5.43 Å². The Morgan fingerprint density at radius 2 is 1.83 bits per heavy atom. The molecule has 2 aromatic carbocycles. The molecule has 3 rings (SSSR count). The van der Waals surface area contributed by atoms with E-state index >= 15 is 0 Å². The second kappa shape index (κ2) is 6.44. The molecule has 0 saturated carbocycles. The summed E-state index contributed by atoms with van der Waals surface area (Å²) in [5.41, 5.74) is 5.62. The number of hydrazone groups is 1. The molecule has 0 aromatic heterocycles. The van der Waals surface area contributed by atoms with Gasteiger partial charge in [0.1, 0.15) is 0 Å². The Hall–Kier alpha value is -2.95. The minimum absolute atomic E-state index is 0.105. The highest BCUT2D eigenvalue weighted by Gasteiger charge is 2.25. The van der Waals surface area contributed by atoms with Crippen molar-refractivity contribution in [3.63, 3.8) is 0 Å². The lowest BCUT2D eigenvalue weighted by Crippen LogP contribution is -2.36. The van der Waals surface area contributed by atoms with Crippen LogP contribution < -0.4 is 5.43 Å². The van der Waals surface area contributed by atoms with Crippen molar-refractivity contribution in [3.8, 4) is 0 Å². The molecule has 5 nitrogen and oxygen atoms in total. The molecule has 2 N–H and O–H groups in total. The summed E-state index contributed by atoms with van der Waals surface area (Å²) in [7, 11) is 0. The lowest BCUT2D eigenvalue weighted by atomic mass is 9.90. The molecule has 1 amide bonds. The maximum Gasteiger partial charge on any atom is 0.335 e. The van der Waals surface area contributed by atoms with Crippen LogP contribution >= 0.6 is 0 Å². The zero-order chi connectivity index (χ0) is 16.2. The number of rotatable bonds is 4. The largest absolute Gasteiger partial charge is 0.478 e. The van der Waals surface area contributed by atoms with Gasteiger partial charge in [0.2, 0.25) is 5.91 Å². The summed E-state index contributed by atoms with van der Waals surface area (Å²) < 4.78 is 0. The van der Waals surface area contributed by atoms with Crippen LogP contribution in [0.3, 0.4) is 0 Å². The summed E-state index contributed by atoms with van der Waals surface area (Å²) in [6.07, 6.45) is 1.12. The zero-order valence-electron chi connectivity index (χ0n) is 12.4. The molecular weight excluding hydrogens is 292 g/mol. The molecule has 23 heavy (non-hydrogen) atoms. The van der Waals surface area contributed by atoms with E-state index in [9.17, 15) is 9.59 Å². The average Bonchev–Trinajstić information content (AvgIpc) is 2.58. The lowest BCUT2D eigenvalue weighted by molar-refractivity contribution is -0.125. The third-order valence-corrected chi connectivity index (χ3v) is 3.90. The smallest absolute Gasteiger partial charge is 0.335 e. The number of benzene rings is 2. The first-order valence-electron chi connectivity index (χ1n) is 7.37. The number of hydrogen-bond donors (Lipinski definition) is 2. The van der Waals surface area contributed by atoms with Crippen molar-refractivity contribution in [2.75, 3.05) is 0 Å². The molecule has 1 aliphatic rings. The van der Waals surface area contributed by atoms with E-state index in [1.807, 2.05) is 30.3 Å². The standard InChI is InChI=1S/C18H16N2O3/c21-17-15(10-12-6-8-14(9-7-12)18(22)23)11-16(19-20-17)13-4-2-1-3-5-13/h1-9,15H,10-11H2,(H,20,21)(H,22,23). The van der Waals surface area contributed by atoms with E-state index in [1.54, 1.807) is 24.3 Å². The monoisotopic (exact) mass is 308 g/mol. The normalized spacial score (nSPS) is 17.3. The van der Waals surface area contributed by atoms with Crippen LogP contribution in [-0.4, -0.2) is 22.7 Å². The molecule has 1 aliphatic heterocycles. The van der Waals surface area contributed by atoms with E-state index < -0.39 is 5.97 Å². The fraction of sp³-hybridized carbons (Fsp3) is 0.167. The number of carbonyl (C=O) groups is 2. The Bertz CT molecular complexity index is 752. The molecule has 1 atom stereocenters. The van der Waals surface area contributed by atoms with Crippen molar-refractivity contribution < 1.29 is 14.7 Å². The second-order valence-electron chi connectivity index (χ2n) is 5.51. The first-order valence-corrected chi connectivity index (χ1v) is 7.37. The van der Waals surface area contributed by atoms with Gasteiger partial charge in [-0.1, -0.05) is 42.5 Å². The van der Waals surface area contributed by atoms with Crippen molar-refractivity contribution in [3.05, 3.63) is 71.3 Å². The van der Waals surface area contributed by atoms with Crippen LogP contribution in [0.15, 0.2) is 59.7 Å². The lowest BCUT2D eigenvalue weighted by Gasteiger charge is -2.21. The molecule has 5 heteroatoms. The highest BCUT2D eigenvalue weighted by molar-refractivity contribution is 6.04. The number of carbonyl (C=O) groups excluding carboxylic acids is 1. The maximum atomic E-state index is 12.0.